The van der Waals surface area contributed by atoms with Crippen LogP contribution in [0.3, 0.4) is 0 Å². The Morgan fingerprint density at radius 3 is 2.31 bits per heavy atom. The monoisotopic (exact) mass is 394 g/mol. The second-order valence-corrected chi connectivity index (χ2v) is 6.12. The van der Waals surface area contributed by atoms with E-state index in [-0.39, 0.29) is 29.6 Å². The van der Waals surface area contributed by atoms with Crippen molar-refractivity contribution in [3.8, 4) is 0 Å². The minimum atomic E-state index is -0.468. The Morgan fingerprint density at radius 2 is 1.69 bits per heavy atom. The highest BCUT2D eigenvalue weighted by Crippen LogP contribution is 2.20. The molecule has 0 aliphatic carbocycles. The zero-order valence-corrected chi connectivity index (χ0v) is 15.4. The maximum absolute atomic E-state index is 12.0. The third kappa shape index (κ3) is 5.47. The Hall–Kier alpha value is -2.57. The fourth-order valence-electron chi connectivity index (χ4n) is 2.07. The quantitative estimate of drug-likeness (QED) is 0.737. The van der Waals surface area contributed by atoms with Crippen LogP contribution in [0.15, 0.2) is 42.5 Å². The summed E-state index contributed by atoms with van der Waals surface area (Å²) in [5.41, 5.74) is 1.47. The molecule has 2 aromatic carbocycles. The molecule has 0 radical (unpaired) electrons. The summed E-state index contributed by atoms with van der Waals surface area (Å²) in [6.07, 6.45) is 0. The van der Waals surface area contributed by atoms with Gasteiger partial charge in [0.25, 0.3) is 5.91 Å². The highest BCUT2D eigenvalue weighted by molar-refractivity contribution is 6.36. The van der Waals surface area contributed by atoms with Gasteiger partial charge in [-0.3, -0.25) is 9.59 Å². The average molecular weight is 395 g/mol. The molecule has 2 N–H and O–H groups in total. The van der Waals surface area contributed by atoms with Gasteiger partial charge in [-0.2, -0.15) is 0 Å². The van der Waals surface area contributed by atoms with Crippen LogP contribution in [0.5, 0.6) is 0 Å². The highest BCUT2D eigenvalue weighted by atomic mass is 35.5. The van der Waals surface area contributed by atoms with E-state index in [2.05, 4.69) is 15.4 Å². The van der Waals surface area contributed by atoms with Gasteiger partial charge in [0.2, 0.25) is 5.91 Å². The van der Waals surface area contributed by atoms with Crippen LogP contribution in [-0.4, -0.2) is 31.4 Å². The summed E-state index contributed by atoms with van der Waals surface area (Å²) in [4.78, 5) is 35.2. The molecule has 0 unspecified atom stereocenters. The number of benzene rings is 2. The summed E-state index contributed by atoms with van der Waals surface area (Å²) in [7, 11) is 1.31. The zero-order chi connectivity index (χ0) is 19.1. The maximum Gasteiger partial charge on any atom is 0.337 e. The van der Waals surface area contributed by atoms with Crippen LogP contribution in [0.4, 0.5) is 0 Å². The number of esters is 1. The van der Waals surface area contributed by atoms with Crippen molar-refractivity contribution in [1.29, 1.82) is 0 Å². The summed E-state index contributed by atoms with van der Waals surface area (Å²) in [6.45, 7) is 0.0654. The molecule has 0 atom stereocenters. The van der Waals surface area contributed by atoms with Gasteiger partial charge in [-0.1, -0.05) is 35.3 Å². The normalized spacial score (nSPS) is 10.1. The fourth-order valence-corrected chi connectivity index (χ4v) is 2.56. The zero-order valence-electron chi connectivity index (χ0n) is 13.8. The molecular weight excluding hydrogens is 379 g/mol. The van der Waals surface area contributed by atoms with Crippen LogP contribution in [0.25, 0.3) is 0 Å². The lowest BCUT2D eigenvalue weighted by Crippen LogP contribution is -2.36. The predicted octanol–water partition coefficient (Wildman–Crippen LogP) is 2.83. The lowest BCUT2D eigenvalue weighted by atomic mass is 10.1. The van der Waals surface area contributed by atoms with E-state index < -0.39 is 11.9 Å². The Labute approximate surface area is 160 Å². The van der Waals surface area contributed by atoms with Crippen molar-refractivity contribution in [3.63, 3.8) is 0 Å². The fraction of sp³-hybridized carbons (Fsp3) is 0.167. The standard InChI is InChI=1S/C18H16Cl2N2O4/c1-26-18(25)12-4-2-11(3-5-12)9-21-16(23)10-22-17(24)14-7-6-13(19)8-15(14)20/h2-8H,9-10H2,1H3,(H,21,23)(H,22,24). The molecule has 8 heteroatoms. The van der Waals surface area contributed by atoms with E-state index in [1.807, 2.05) is 0 Å². The predicted molar refractivity (Wildman–Crippen MR) is 98.4 cm³/mol. The summed E-state index contributed by atoms with van der Waals surface area (Å²) in [5.74, 6) is -1.26. The number of carbonyl (C=O) groups excluding carboxylic acids is 3. The van der Waals surface area contributed by atoms with Crippen LogP contribution >= 0.6 is 23.2 Å². The minimum Gasteiger partial charge on any atom is -0.465 e. The van der Waals surface area contributed by atoms with E-state index in [0.717, 1.165) is 5.56 Å². The smallest absolute Gasteiger partial charge is 0.337 e. The summed E-state index contributed by atoms with van der Waals surface area (Å²) < 4.78 is 4.61. The van der Waals surface area contributed by atoms with Gasteiger partial charge in [0.1, 0.15) is 0 Å². The average Bonchev–Trinajstić information content (AvgIpc) is 2.64. The first-order valence-electron chi connectivity index (χ1n) is 7.58. The Morgan fingerprint density at radius 1 is 1.00 bits per heavy atom. The van der Waals surface area contributed by atoms with Crippen molar-refractivity contribution in [2.75, 3.05) is 13.7 Å². The first kappa shape index (κ1) is 19.8. The summed E-state index contributed by atoms with van der Waals surface area (Å²) in [5, 5.41) is 5.78. The van der Waals surface area contributed by atoms with E-state index >= 15 is 0 Å². The molecule has 136 valence electrons. The first-order chi connectivity index (χ1) is 12.4. The lowest BCUT2D eigenvalue weighted by Gasteiger charge is -2.08. The van der Waals surface area contributed by atoms with Crippen molar-refractivity contribution >= 4 is 41.0 Å². The molecule has 0 spiro atoms. The Kier molecular flexibility index (Phi) is 7.00. The van der Waals surface area contributed by atoms with E-state index in [1.54, 1.807) is 30.3 Å². The van der Waals surface area contributed by atoms with Gasteiger partial charge in [-0.15, -0.1) is 0 Å². The molecule has 0 aliphatic heterocycles. The second kappa shape index (κ2) is 9.22. The van der Waals surface area contributed by atoms with Crippen LogP contribution in [0.2, 0.25) is 10.0 Å². The van der Waals surface area contributed by atoms with E-state index in [0.29, 0.717) is 10.6 Å². The van der Waals surface area contributed by atoms with Gasteiger partial charge in [-0.05, 0) is 35.9 Å². The number of carbonyl (C=O) groups is 3. The van der Waals surface area contributed by atoms with Crippen molar-refractivity contribution < 1.29 is 19.1 Å². The van der Waals surface area contributed by atoms with Crippen molar-refractivity contribution in [2.45, 2.75) is 6.54 Å². The number of rotatable bonds is 6. The van der Waals surface area contributed by atoms with Gasteiger partial charge in [0.15, 0.2) is 0 Å². The number of halogens is 2. The van der Waals surface area contributed by atoms with Gasteiger partial charge in [-0.25, -0.2) is 4.79 Å². The number of ether oxygens (including phenoxy) is 1. The van der Waals surface area contributed by atoms with Crippen molar-refractivity contribution in [1.82, 2.24) is 10.6 Å². The number of amides is 2. The molecule has 2 rings (SSSR count). The molecule has 0 saturated heterocycles. The molecule has 0 fully saturated rings. The third-order valence-corrected chi connectivity index (χ3v) is 4.00. The molecule has 0 aliphatic rings. The Bertz CT molecular complexity index is 822. The maximum atomic E-state index is 12.0. The van der Waals surface area contributed by atoms with Gasteiger partial charge >= 0.3 is 5.97 Å². The van der Waals surface area contributed by atoms with Crippen LogP contribution in [0.1, 0.15) is 26.3 Å². The molecule has 2 aromatic rings. The Balaban J connectivity index is 1.81. The van der Waals surface area contributed by atoms with Crippen LogP contribution < -0.4 is 10.6 Å². The second-order valence-electron chi connectivity index (χ2n) is 5.27. The summed E-state index contributed by atoms with van der Waals surface area (Å²) >= 11 is 11.7. The largest absolute Gasteiger partial charge is 0.465 e. The third-order valence-electron chi connectivity index (χ3n) is 3.45. The SMILES string of the molecule is COC(=O)c1ccc(CNC(=O)CNC(=O)c2ccc(Cl)cc2Cl)cc1. The van der Waals surface area contributed by atoms with Crippen LogP contribution in [-0.2, 0) is 16.1 Å². The van der Waals surface area contributed by atoms with Crippen LogP contribution in [0, 0.1) is 0 Å². The van der Waals surface area contributed by atoms with E-state index in [4.69, 9.17) is 23.2 Å². The molecule has 0 aromatic heterocycles. The summed E-state index contributed by atoms with van der Waals surface area (Å²) in [6, 6.07) is 11.1. The first-order valence-corrected chi connectivity index (χ1v) is 8.33. The molecule has 0 saturated carbocycles. The van der Waals surface area contributed by atoms with Crippen molar-refractivity contribution in [3.05, 3.63) is 69.2 Å². The van der Waals surface area contributed by atoms with E-state index in [9.17, 15) is 14.4 Å². The number of methoxy groups -OCH3 is 1. The van der Waals surface area contributed by atoms with Gasteiger partial charge in [0, 0.05) is 11.6 Å². The lowest BCUT2D eigenvalue weighted by molar-refractivity contribution is -0.120. The highest BCUT2D eigenvalue weighted by Gasteiger charge is 2.12. The molecular formula is C18H16Cl2N2O4. The molecule has 0 heterocycles. The molecule has 6 nitrogen and oxygen atoms in total. The molecule has 2 amide bonds. The van der Waals surface area contributed by atoms with Gasteiger partial charge in [0.05, 0.1) is 29.8 Å². The van der Waals surface area contributed by atoms with Gasteiger partial charge < -0.3 is 15.4 Å². The molecule has 26 heavy (non-hydrogen) atoms. The van der Waals surface area contributed by atoms with Crippen molar-refractivity contribution in [2.24, 2.45) is 0 Å². The molecule has 0 bridgehead atoms. The van der Waals surface area contributed by atoms with E-state index in [1.165, 1.54) is 19.2 Å². The topological polar surface area (TPSA) is 84.5 Å². The number of hydrogen-bond donors (Lipinski definition) is 2. The minimum absolute atomic E-state index is 0.196. The number of nitrogens with one attached hydrogen (secondary N) is 2. The number of hydrogen-bond acceptors (Lipinski definition) is 4.